The molecule has 0 radical (unpaired) electrons. The van der Waals surface area contributed by atoms with Crippen molar-refractivity contribution in [3.63, 3.8) is 0 Å². The van der Waals surface area contributed by atoms with Gasteiger partial charge in [0.15, 0.2) is 0 Å². The average molecular weight is 1000 g/mol. The highest BCUT2D eigenvalue weighted by atomic mass is 16.3. The summed E-state index contributed by atoms with van der Waals surface area (Å²) in [5.74, 6) is 0. The molecule has 1 nitrogen and oxygen atoms in total. The van der Waals surface area contributed by atoms with Crippen LogP contribution in [0.15, 0.2) is 4.42 Å². The first kappa shape index (κ1) is 58.0. The van der Waals surface area contributed by atoms with Gasteiger partial charge in [-0.25, -0.2) is 0 Å². The molecule has 0 saturated carbocycles. The zero-order valence-corrected chi connectivity index (χ0v) is 55.4. The van der Waals surface area contributed by atoms with Crippen molar-refractivity contribution >= 4 is 475 Å². The lowest BCUT2D eigenvalue weighted by Crippen LogP contribution is -2.52. The van der Waals surface area contributed by atoms with Crippen LogP contribution in [0.2, 0.25) is 0 Å². The molecule has 10 aromatic carbocycles. The maximum Gasteiger partial charge on any atom is 0.145 e. The van der Waals surface area contributed by atoms with Crippen LogP contribution >= 0.6 is 0 Å². The smallest absolute Gasteiger partial charge is 0.145 e. The Balaban J connectivity index is 1.37. The Labute approximate surface area is 509 Å². The van der Waals surface area contributed by atoms with Crippen LogP contribution < -0.4 is 164 Å². The van der Waals surface area contributed by atoms with E-state index in [-0.39, 0.29) is 0 Å². The summed E-state index contributed by atoms with van der Waals surface area (Å²) in [4.78, 5) is 0. The first-order valence-corrected chi connectivity index (χ1v) is 30.2. The maximum absolute atomic E-state index is 7.31. The fourth-order valence-electron chi connectivity index (χ4n) is 16.6. The second-order valence-corrected chi connectivity index (χ2v) is 26.3. The molecule has 0 bridgehead atoms. The van der Waals surface area contributed by atoms with E-state index < -0.39 is 0 Å². The lowest BCUT2D eigenvalue weighted by atomic mass is 9.55. The monoisotopic (exact) mass is 1010 g/mol. The van der Waals surface area contributed by atoms with Crippen LogP contribution in [0, 0.1) is 0 Å². The van der Waals surface area contributed by atoms with E-state index in [0.29, 0.717) is 0 Å². The second-order valence-electron chi connectivity index (χ2n) is 26.3. The Morgan fingerprint density at radius 3 is 0.654 bits per heavy atom. The lowest BCUT2D eigenvalue weighted by Gasteiger charge is -2.32. The van der Waals surface area contributed by atoms with Gasteiger partial charge in [-0.1, -0.05) is 104 Å². The first-order chi connectivity index (χ1) is 37.8. The topological polar surface area (TPSA) is 13.1 Å². The minimum atomic E-state index is 1.03. The molecule has 0 fully saturated rings. The zero-order chi connectivity index (χ0) is 59.6. The fraction of sp³-hybridized carbons (Fsp3) is 0. The summed E-state index contributed by atoms with van der Waals surface area (Å²) in [5.41, 5.74) is 51.5. The molecule has 11 aromatic rings. The van der Waals surface area contributed by atoms with Crippen LogP contribution in [0.5, 0.6) is 0 Å². The average Bonchev–Trinajstić information content (AvgIpc) is 3.43. The summed E-state index contributed by atoms with van der Waals surface area (Å²) in [6.07, 6.45) is 0. The molecule has 0 amide bonds. The van der Waals surface area contributed by atoms with Gasteiger partial charge in [0.1, 0.15) is 247 Å². The summed E-state index contributed by atoms with van der Waals surface area (Å²) in [6, 6.07) is 0. The third-order valence-electron chi connectivity index (χ3n) is 23.5. The molecule has 81 heavy (non-hydrogen) atoms. The van der Waals surface area contributed by atoms with Gasteiger partial charge in [-0.15, -0.1) is 54.6 Å². The van der Waals surface area contributed by atoms with Crippen LogP contribution in [0.4, 0.5) is 0 Å². The third kappa shape index (κ3) is 7.30. The largest absolute Gasteiger partial charge is 0.457 e. The minimum absolute atomic E-state index is 1.03. The van der Waals surface area contributed by atoms with Crippen LogP contribution in [0.3, 0.4) is 0 Å². The van der Waals surface area contributed by atoms with Crippen molar-refractivity contribution in [2.75, 3.05) is 0 Å². The van der Waals surface area contributed by atoms with Gasteiger partial charge in [0.25, 0.3) is 0 Å². The van der Waals surface area contributed by atoms with E-state index >= 15 is 0 Å². The maximum atomic E-state index is 7.31. The Morgan fingerprint density at radius 2 is 0.309 bits per heavy atom. The quantitative estimate of drug-likeness (QED) is 0.0977. The second kappa shape index (κ2) is 19.4. The Hall–Kier alpha value is -4.75. The number of hydrogen-bond acceptors (Lipinski definition) is 1. The molecular weight excluding hydrogens is 941 g/mol. The third-order valence-corrected chi connectivity index (χ3v) is 23.5. The van der Waals surface area contributed by atoms with Gasteiger partial charge in [-0.2, -0.15) is 0 Å². The van der Waals surface area contributed by atoms with E-state index in [9.17, 15) is 0 Å². The summed E-state index contributed by atoms with van der Waals surface area (Å²) in [5, 5.41) is 16.6. The van der Waals surface area contributed by atoms with Gasteiger partial charge in [-0.3, -0.25) is 0 Å². The van der Waals surface area contributed by atoms with Crippen LogP contribution in [-0.2, 0) is 0 Å². The number of hydrogen-bond donors (Lipinski definition) is 0. The summed E-state index contributed by atoms with van der Waals surface area (Å²) >= 11 is 0. The highest BCUT2D eigenvalue weighted by Gasteiger charge is 2.32. The van der Waals surface area contributed by atoms with E-state index in [4.69, 9.17) is 4.42 Å². The zero-order valence-electron chi connectivity index (χ0n) is 55.4. The van der Waals surface area contributed by atoms with Crippen molar-refractivity contribution in [1.29, 1.82) is 0 Å². The molecule has 0 atom stereocenters. The molecule has 0 spiro atoms. The summed E-state index contributed by atoms with van der Waals surface area (Å²) in [7, 11) is 71.5. The van der Waals surface area contributed by atoms with E-state index in [2.05, 4.69) is 235 Å². The molecule has 0 saturated heterocycles. The van der Waals surface area contributed by atoms with Crippen molar-refractivity contribution < 1.29 is 4.42 Å². The molecule has 356 valence electrons. The van der Waals surface area contributed by atoms with Crippen LogP contribution in [0.1, 0.15) is 0 Å². The molecule has 0 aliphatic rings. The molecule has 0 N–H and O–H groups in total. The van der Waals surface area contributed by atoms with Crippen molar-refractivity contribution in [1.82, 2.24) is 0 Å². The van der Waals surface area contributed by atoms with Crippen molar-refractivity contribution in [2.45, 2.75) is 0 Å². The molecule has 0 aliphatic carbocycles. The standard InChI is InChI=1S/C50H60B30O/c51-19-9(7-8(27(59)43(75)42(74)26(7)58)10-13(19)33(65)45(77)44(76)28(10)60)14-31(63)29(61)12(30(62)32(14)64)2-5-3(22(54)38(70)40(72)24(5)56)1(4-6(2)25(57)41(73)39(71)23(4)55)11-20(52)18-17-21(53)15-16(35(67)47(79)46(78)34(15)66)37(69)49(17)81-50(18)48(80)36(11)68/h51-80H2. The van der Waals surface area contributed by atoms with E-state index in [1.54, 1.807) is 0 Å². The van der Waals surface area contributed by atoms with Crippen LogP contribution in [0.25, 0.3) is 109 Å². The minimum Gasteiger partial charge on any atom is -0.457 e. The predicted octanol–water partition coefficient (Wildman–Crippen LogP) is -37.9. The molecule has 1 aromatic heterocycles. The van der Waals surface area contributed by atoms with Gasteiger partial charge in [0, 0.05) is 10.8 Å². The molecule has 31 heteroatoms. The molecule has 0 unspecified atom stereocenters. The number of rotatable bonds is 3. The van der Waals surface area contributed by atoms with E-state index in [1.807, 2.05) is 0 Å². The normalized spacial score (nSPS) is 12.0. The SMILES string of the molecule is Bc1c(B)c(-c2c(B)c3c(B)c(B)c(B)c(B)c3c3c(B)c(B)c(B)c(B)c23)c(B)c(B)c1-c1c2c(B)c(B)c(B)c(B)c2c(-c2c(B)c(B)c3oc4c(B)c5c(B)c(B)c(B)c(B)c5c(B)c4c3c2B)c2c(B)c(B)c(B)c(B)c12. The summed E-state index contributed by atoms with van der Waals surface area (Å²) in [6.45, 7) is 0. The predicted molar refractivity (Wildman–Crippen MR) is 463 cm³/mol. The van der Waals surface area contributed by atoms with Crippen molar-refractivity contribution in [2.24, 2.45) is 0 Å². The molecular formula is C50H60B30O. The van der Waals surface area contributed by atoms with Crippen molar-refractivity contribution in [3.8, 4) is 33.4 Å². The van der Waals surface area contributed by atoms with E-state index in [0.717, 1.165) is 11.2 Å². The first-order valence-electron chi connectivity index (χ1n) is 30.2. The highest BCUT2D eigenvalue weighted by Crippen LogP contribution is 2.40. The van der Waals surface area contributed by atoms with Gasteiger partial charge >= 0.3 is 0 Å². The Bertz CT molecular complexity index is 4820. The van der Waals surface area contributed by atoms with Gasteiger partial charge in [0.05, 0.1) is 0 Å². The van der Waals surface area contributed by atoms with Gasteiger partial charge in [-0.05, 0) is 92.7 Å². The molecule has 11 rings (SSSR count). The Morgan fingerprint density at radius 1 is 0.111 bits per heavy atom. The van der Waals surface area contributed by atoms with Gasteiger partial charge in [0.2, 0.25) is 0 Å². The fourth-order valence-corrected chi connectivity index (χ4v) is 16.6. The highest BCUT2D eigenvalue weighted by molar-refractivity contribution is 6.79. The number of fused-ring (bicyclic) bond motifs is 9. The molecule has 1 heterocycles. The number of furan rings is 1. The molecule has 0 aliphatic heterocycles. The Kier molecular flexibility index (Phi) is 13.9. The number of benzene rings is 10. The van der Waals surface area contributed by atoms with Crippen molar-refractivity contribution in [3.05, 3.63) is 0 Å². The van der Waals surface area contributed by atoms with Gasteiger partial charge < -0.3 is 4.42 Å². The lowest BCUT2D eigenvalue weighted by molar-refractivity contribution is 0.675. The van der Waals surface area contributed by atoms with Crippen LogP contribution in [-0.4, -0.2) is 235 Å². The summed E-state index contributed by atoms with van der Waals surface area (Å²) < 4.78 is 7.31. The van der Waals surface area contributed by atoms with E-state index in [1.165, 1.54) is 262 Å².